The van der Waals surface area contributed by atoms with Gasteiger partial charge in [-0.1, -0.05) is 42.5 Å². The fourth-order valence-electron chi connectivity index (χ4n) is 5.11. The van der Waals surface area contributed by atoms with Crippen molar-refractivity contribution in [1.29, 1.82) is 0 Å². The first kappa shape index (κ1) is 26.1. The summed E-state index contributed by atoms with van der Waals surface area (Å²) in [5.74, 6) is -2.04. The van der Waals surface area contributed by atoms with E-state index in [0.29, 0.717) is 23.5 Å². The second-order valence-electron chi connectivity index (χ2n) is 9.37. The highest BCUT2D eigenvalue weighted by Gasteiger charge is 2.39. The normalized spacial score (nSPS) is 20.3. The van der Waals surface area contributed by atoms with Crippen molar-refractivity contribution < 1.29 is 24.0 Å². The van der Waals surface area contributed by atoms with Crippen LogP contribution in [-0.4, -0.2) is 48.1 Å². The maximum Gasteiger partial charge on any atom is 0.337 e. The van der Waals surface area contributed by atoms with Crippen LogP contribution in [-0.2, 0) is 25.6 Å². The average Bonchev–Trinajstić information content (AvgIpc) is 2.88. The number of likely N-dealkylation sites (tertiary alicyclic amines) is 1. The molecule has 37 heavy (non-hydrogen) atoms. The van der Waals surface area contributed by atoms with Crippen LogP contribution in [0.3, 0.4) is 0 Å². The van der Waals surface area contributed by atoms with Crippen molar-refractivity contribution in [3.63, 3.8) is 0 Å². The molecule has 0 saturated carbocycles. The van der Waals surface area contributed by atoms with Crippen molar-refractivity contribution in [2.45, 2.75) is 45.3 Å². The van der Waals surface area contributed by atoms with E-state index in [1.807, 2.05) is 18.2 Å². The minimum absolute atomic E-state index is 0.132. The largest absolute Gasteiger partial charge is 0.466 e. The van der Waals surface area contributed by atoms with Gasteiger partial charge in [-0.2, -0.15) is 0 Å². The molecule has 0 aromatic heterocycles. The number of carbonyl (C=O) groups excluding carboxylic acids is 2. The molecule has 0 radical (unpaired) electrons. The Hall–Kier alpha value is -3.98. The van der Waals surface area contributed by atoms with Crippen LogP contribution in [0.5, 0.6) is 0 Å². The number of benzene rings is 2. The SMILES string of the molecule is COC(=O)C1=C(C)NC(C)=C(C(=O)O[C@H]2CCCN(Cc3ccccc3)C2)C1c1cccc([N+](=O)[O-])c1. The Labute approximate surface area is 215 Å². The van der Waals surface area contributed by atoms with Crippen LogP contribution in [0.25, 0.3) is 0 Å². The number of esters is 2. The number of rotatable bonds is 7. The van der Waals surface area contributed by atoms with Gasteiger partial charge in [0.1, 0.15) is 6.10 Å². The van der Waals surface area contributed by atoms with E-state index in [2.05, 4.69) is 22.3 Å². The van der Waals surface area contributed by atoms with E-state index in [1.165, 1.54) is 24.8 Å². The monoisotopic (exact) mass is 505 g/mol. The number of dihydropyridines is 1. The third-order valence-electron chi connectivity index (χ3n) is 6.78. The molecule has 0 aliphatic carbocycles. The molecule has 2 heterocycles. The third-order valence-corrected chi connectivity index (χ3v) is 6.78. The number of nitrogens with one attached hydrogen (secondary N) is 1. The zero-order chi connectivity index (χ0) is 26.5. The number of nitro benzene ring substituents is 1. The van der Waals surface area contributed by atoms with Crippen molar-refractivity contribution in [2.75, 3.05) is 20.2 Å². The number of methoxy groups -OCH3 is 1. The molecule has 2 aliphatic heterocycles. The fourth-order valence-corrected chi connectivity index (χ4v) is 5.11. The van der Waals surface area contributed by atoms with Crippen molar-refractivity contribution in [3.05, 3.63) is 98.4 Å². The third kappa shape index (κ3) is 5.89. The van der Waals surface area contributed by atoms with E-state index in [4.69, 9.17) is 9.47 Å². The second-order valence-corrected chi connectivity index (χ2v) is 9.37. The quantitative estimate of drug-likeness (QED) is 0.338. The van der Waals surface area contributed by atoms with Gasteiger partial charge >= 0.3 is 11.9 Å². The van der Waals surface area contributed by atoms with Crippen molar-refractivity contribution >= 4 is 17.6 Å². The molecule has 2 aromatic rings. The molecule has 1 saturated heterocycles. The first-order valence-electron chi connectivity index (χ1n) is 12.3. The zero-order valence-corrected chi connectivity index (χ0v) is 21.2. The number of non-ortho nitro benzene ring substituents is 1. The van der Waals surface area contributed by atoms with Crippen molar-refractivity contribution in [3.8, 4) is 0 Å². The van der Waals surface area contributed by atoms with Gasteiger partial charge in [-0.25, -0.2) is 9.59 Å². The van der Waals surface area contributed by atoms with Crippen LogP contribution in [0.4, 0.5) is 5.69 Å². The van der Waals surface area contributed by atoms with Gasteiger partial charge in [-0.05, 0) is 44.4 Å². The number of hydrogen-bond acceptors (Lipinski definition) is 8. The van der Waals surface area contributed by atoms with Crippen molar-refractivity contribution in [1.82, 2.24) is 10.2 Å². The highest BCUT2D eigenvalue weighted by atomic mass is 16.6. The Kier molecular flexibility index (Phi) is 8.03. The predicted octanol–water partition coefficient (Wildman–Crippen LogP) is 4.21. The highest BCUT2D eigenvalue weighted by molar-refractivity contribution is 6.00. The Morgan fingerprint density at radius 3 is 2.43 bits per heavy atom. The van der Waals surface area contributed by atoms with Gasteiger partial charge in [0.25, 0.3) is 5.69 Å². The topological polar surface area (TPSA) is 111 Å². The van der Waals surface area contributed by atoms with Crippen LogP contribution in [0.2, 0.25) is 0 Å². The standard InChI is InChI=1S/C28H31N3O6/c1-18-24(27(32)36-3)26(21-11-7-12-22(15-21)31(34)35)25(19(2)29-18)28(33)37-23-13-8-14-30(17-23)16-20-9-5-4-6-10-20/h4-7,9-12,15,23,26,29H,8,13-14,16-17H2,1-3H3/t23-,26?/m0/s1. The Bertz CT molecular complexity index is 1250. The Balaban J connectivity index is 1.61. The Morgan fingerprint density at radius 2 is 1.76 bits per heavy atom. The summed E-state index contributed by atoms with van der Waals surface area (Å²) in [6.07, 6.45) is 1.31. The summed E-state index contributed by atoms with van der Waals surface area (Å²) in [6.45, 7) is 5.73. The minimum atomic E-state index is -0.870. The highest BCUT2D eigenvalue weighted by Crippen LogP contribution is 2.40. The summed E-state index contributed by atoms with van der Waals surface area (Å²) in [4.78, 5) is 39.7. The second kappa shape index (κ2) is 11.4. The van der Waals surface area contributed by atoms with Crippen molar-refractivity contribution in [2.24, 2.45) is 0 Å². The number of nitro groups is 1. The van der Waals surface area contributed by atoms with E-state index < -0.39 is 22.8 Å². The lowest BCUT2D eigenvalue weighted by Crippen LogP contribution is -2.41. The molecule has 0 spiro atoms. The van der Waals surface area contributed by atoms with Gasteiger partial charge in [0.05, 0.1) is 29.1 Å². The van der Waals surface area contributed by atoms with Gasteiger partial charge in [0.2, 0.25) is 0 Å². The molecule has 1 N–H and O–H groups in total. The molecule has 194 valence electrons. The smallest absolute Gasteiger partial charge is 0.337 e. The van der Waals surface area contributed by atoms with E-state index in [1.54, 1.807) is 26.0 Å². The maximum atomic E-state index is 13.7. The fraction of sp³-hybridized carbons (Fsp3) is 0.357. The lowest BCUT2D eigenvalue weighted by atomic mass is 9.80. The van der Waals surface area contributed by atoms with Gasteiger partial charge in [0.15, 0.2) is 0 Å². The minimum Gasteiger partial charge on any atom is -0.466 e. The van der Waals surface area contributed by atoms with Crippen LogP contribution < -0.4 is 5.32 Å². The lowest BCUT2D eigenvalue weighted by molar-refractivity contribution is -0.384. The molecule has 2 atom stereocenters. The molecule has 0 amide bonds. The molecule has 4 rings (SSSR count). The van der Waals surface area contributed by atoms with Crippen LogP contribution in [0, 0.1) is 10.1 Å². The molecule has 1 fully saturated rings. The summed E-state index contributed by atoms with van der Waals surface area (Å²) < 4.78 is 11.0. The number of ether oxygens (including phenoxy) is 2. The summed E-state index contributed by atoms with van der Waals surface area (Å²) in [5, 5.41) is 14.6. The number of nitrogens with zero attached hydrogens (tertiary/aromatic N) is 2. The number of carbonyl (C=O) groups is 2. The molecule has 9 nitrogen and oxygen atoms in total. The van der Waals surface area contributed by atoms with Crippen LogP contribution in [0.15, 0.2) is 77.1 Å². The van der Waals surface area contributed by atoms with Crippen LogP contribution in [0.1, 0.15) is 43.7 Å². The van der Waals surface area contributed by atoms with Gasteiger partial charge in [0, 0.05) is 36.6 Å². The molecule has 1 unspecified atom stereocenters. The summed E-state index contributed by atoms with van der Waals surface area (Å²) in [7, 11) is 1.26. The lowest BCUT2D eigenvalue weighted by Gasteiger charge is -2.34. The number of piperidine rings is 1. The summed E-state index contributed by atoms with van der Waals surface area (Å²) in [6, 6.07) is 16.1. The zero-order valence-electron chi connectivity index (χ0n) is 21.2. The maximum absolute atomic E-state index is 13.7. The predicted molar refractivity (Wildman–Crippen MR) is 137 cm³/mol. The summed E-state index contributed by atoms with van der Waals surface area (Å²) in [5.41, 5.74) is 3.01. The van der Waals surface area contributed by atoms with Crippen LogP contribution >= 0.6 is 0 Å². The average molecular weight is 506 g/mol. The molecule has 2 aliphatic rings. The Morgan fingerprint density at radius 1 is 1.05 bits per heavy atom. The molecule has 2 aromatic carbocycles. The summed E-state index contributed by atoms with van der Waals surface area (Å²) >= 11 is 0. The van der Waals surface area contributed by atoms with E-state index in [9.17, 15) is 19.7 Å². The van der Waals surface area contributed by atoms with E-state index in [0.717, 1.165) is 25.9 Å². The molecular formula is C28H31N3O6. The van der Waals surface area contributed by atoms with E-state index >= 15 is 0 Å². The first-order valence-corrected chi connectivity index (χ1v) is 12.3. The first-order chi connectivity index (χ1) is 17.8. The molecule has 9 heteroatoms. The number of allylic oxidation sites excluding steroid dienone is 2. The van der Waals surface area contributed by atoms with Gasteiger partial charge in [-0.15, -0.1) is 0 Å². The molecule has 0 bridgehead atoms. The molecular weight excluding hydrogens is 474 g/mol. The van der Waals surface area contributed by atoms with Gasteiger partial charge < -0.3 is 14.8 Å². The van der Waals surface area contributed by atoms with E-state index in [-0.39, 0.29) is 22.9 Å². The van der Waals surface area contributed by atoms with Gasteiger partial charge in [-0.3, -0.25) is 15.0 Å². The number of hydrogen-bond donors (Lipinski definition) is 1.